The van der Waals surface area contributed by atoms with Gasteiger partial charge in [-0.15, -0.1) is 0 Å². The number of nitrogens with one attached hydrogen (secondary N) is 1. The van der Waals surface area contributed by atoms with Gasteiger partial charge in [0.05, 0.1) is 18.2 Å². The number of anilines is 1. The van der Waals surface area contributed by atoms with Crippen LogP contribution in [0.25, 0.3) is 0 Å². The molecule has 5 nitrogen and oxygen atoms in total. The van der Waals surface area contributed by atoms with Crippen molar-refractivity contribution in [3.63, 3.8) is 0 Å². The SMILES string of the molecule is CCc1c(C)nc(OC)c(NC(=O)C(C)(C)C)c1C(=O)c1cc(F)cc(C(F)(F)F)c1. The molecule has 0 unspecified atom stereocenters. The molecule has 2 aromatic rings. The van der Waals surface area contributed by atoms with E-state index in [4.69, 9.17) is 4.74 Å². The van der Waals surface area contributed by atoms with E-state index in [0.717, 1.165) is 6.07 Å². The van der Waals surface area contributed by atoms with Crippen LogP contribution in [0.4, 0.5) is 23.2 Å². The molecule has 1 heterocycles. The van der Waals surface area contributed by atoms with E-state index in [1.165, 1.54) is 7.11 Å². The molecule has 1 amide bonds. The molecule has 168 valence electrons. The number of ether oxygens (including phenoxy) is 1. The third kappa shape index (κ3) is 5.21. The first-order chi connectivity index (χ1) is 14.2. The van der Waals surface area contributed by atoms with Crippen LogP contribution < -0.4 is 10.1 Å². The molecule has 0 atom stereocenters. The van der Waals surface area contributed by atoms with Gasteiger partial charge in [0.1, 0.15) is 11.5 Å². The van der Waals surface area contributed by atoms with Gasteiger partial charge in [0.2, 0.25) is 11.8 Å². The quantitative estimate of drug-likeness (QED) is 0.504. The number of benzene rings is 1. The fourth-order valence-electron chi connectivity index (χ4n) is 2.99. The number of hydrogen-bond donors (Lipinski definition) is 1. The highest BCUT2D eigenvalue weighted by atomic mass is 19.4. The van der Waals surface area contributed by atoms with Crippen molar-refractivity contribution < 1.29 is 31.9 Å². The molecular weight excluding hydrogens is 416 g/mol. The maximum absolute atomic E-state index is 13.9. The zero-order chi connectivity index (χ0) is 23.7. The van der Waals surface area contributed by atoms with Crippen LogP contribution in [0.5, 0.6) is 5.88 Å². The number of rotatable bonds is 5. The lowest BCUT2D eigenvalue weighted by Gasteiger charge is -2.23. The number of hydrogen-bond acceptors (Lipinski definition) is 4. The zero-order valence-corrected chi connectivity index (χ0v) is 18.1. The van der Waals surface area contributed by atoms with Crippen LogP contribution in [0.1, 0.15) is 60.4 Å². The highest BCUT2D eigenvalue weighted by molar-refractivity contribution is 6.16. The Hall–Kier alpha value is -2.97. The molecule has 0 spiro atoms. The minimum absolute atomic E-state index is 0.0623. The molecule has 31 heavy (non-hydrogen) atoms. The molecule has 0 fully saturated rings. The summed E-state index contributed by atoms with van der Waals surface area (Å²) < 4.78 is 58.7. The average molecular weight is 440 g/mol. The largest absolute Gasteiger partial charge is 0.479 e. The Kier molecular flexibility index (Phi) is 6.78. The first kappa shape index (κ1) is 24.3. The molecule has 0 bridgehead atoms. The number of aryl methyl sites for hydroxylation is 1. The molecule has 0 radical (unpaired) electrons. The lowest BCUT2D eigenvalue weighted by atomic mass is 9.92. The van der Waals surface area contributed by atoms with Crippen LogP contribution in [0.2, 0.25) is 0 Å². The highest BCUT2D eigenvalue weighted by Crippen LogP contribution is 2.36. The topological polar surface area (TPSA) is 68.3 Å². The number of amides is 1. The Bertz CT molecular complexity index is 1020. The summed E-state index contributed by atoms with van der Waals surface area (Å²) in [6, 6.07) is 1.63. The fraction of sp³-hybridized carbons (Fsp3) is 0.409. The van der Waals surface area contributed by atoms with Crippen LogP contribution in [-0.2, 0) is 17.4 Å². The summed E-state index contributed by atoms with van der Waals surface area (Å²) in [5, 5.41) is 2.62. The van der Waals surface area contributed by atoms with Gasteiger partial charge in [0.15, 0.2) is 5.78 Å². The van der Waals surface area contributed by atoms with Gasteiger partial charge in [0, 0.05) is 16.7 Å². The summed E-state index contributed by atoms with van der Waals surface area (Å²) in [7, 11) is 1.29. The van der Waals surface area contributed by atoms with E-state index < -0.39 is 40.2 Å². The molecule has 0 aliphatic rings. The molecular formula is C22H24F4N2O3. The van der Waals surface area contributed by atoms with Crippen molar-refractivity contribution in [1.29, 1.82) is 0 Å². The lowest BCUT2D eigenvalue weighted by Crippen LogP contribution is -2.29. The van der Waals surface area contributed by atoms with Crippen LogP contribution in [0.3, 0.4) is 0 Å². The predicted octanol–water partition coefficient (Wildman–Crippen LogP) is 5.33. The van der Waals surface area contributed by atoms with Crippen molar-refractivity contribution in [3.8, 4) is 5.88 Å². The molecule has 1 aromatic heterocycles. The first-order valence-corrected chi connectivity index (χ1v) is 9.52. The molecule has 1 N–H and O–H groups in total. The molecule has 2 rings (SSSR count). The van der Waals surface area contributed by atoms with Crippen molar-refractivity contribution in [2.24, 2.45) is 5.41 Å². The number of aromatic nitrogens is 1. The Morgan fingerprint density at radius 3 is 2.23 bits per heavy atom. The Morgan fingerprint density at radius 1 is 1.13 bits per heavy atom. The number of methoxy groups -OCH3 is 1. The van der Waals surface area contributed by atoms with E-state index in [2.05, 4.69) is 10.3 Å². The Balaban J connectivity index is 2.80. The third-order valence-electron chi connectivity index (χ3n) is 4.65. The van der Waals surface area contributed by atoms with Crippen LogP contribution in [0.15, 0.2) is 18.2 Å². The van der Waals surface area contributed by atoms with Gasteiger partial charge in [-0.1, -0.05) is 27.7 Å². The van der Waals surface area contributed by atoms with Crippen molar-refractivity contribution in [1.82, 2.24) is 4.98 Å². The minimum Gasteiger partial charge on any atom is -0.479 e. The minimum atomic E-state index is -4.83. The van der Waals surface area contributed by atoms with Gasteiger partial charge >= 0.3 is 6.18 Å². The van der Waals surface area contributed by atoms with Gasteiger partial charge in [0.25, 0.3) is 0 Å². The standard InChI is InChI=1S/C22H24F4N2O3/c1-7-15-11(2)27-19(31-6)17(28-20(30)21(3,4)5)16(15)18(29)12-8-13(22(24,25)26)10-14(23)9-12/h8-10H,7H2,1-6H3,(H,28,30). The molecule has 9 heteroatoms. The molecule has 0 saturated carbocycles. The highest BCUT2D eigenvalue weighted by Gasteiger charge is 2.34. The van der Waals surface area contributed by atoms with E-state index >= 15 is 0 Å². The fourth-order valence-corrected chi connectivity index (χ4v) is 2.99. The number of carbonyl (C=O) groups excluding carboxylic acids is 2. The maximum Gasteiger partial charge on any atom is 0.416 e. The summed E-state index contributed by atoms with van der Waals surface area (Å²) in [4.78, 5) is 30.2. The van der Waals surface area contributed by atoms with Gasteiger partial charge in [-0.3, -0.25) is 9.59 Å². The number of nitrogens with zero attached hydrogens (tertiary/aromatic N) is 1. The number of alkyl halides is 3. The summed E-state index contributed by atoms with van der Waals surface area (Å²) in [6.07, 6.45) is -4.54. The Labute approximate surface area is 177 Å². The molecule has 0 aliphatic carbocycles. The second-order valence-electron chi connectivity index (χ2n) is 8.05. The maximum atomic E-state index is 13.9. The van der Waals surface area contributed by atoms with E-state index in [9.17, 15) is 27.2 Å². The average Bonchev–Trinajstić information content (AvgIpc) is 2.65. The van der Waals surface area contributed by atoms with Crippen LogP contribution in [0, 0.1) is 18.2 Å². The predicted molar refractivity (Wildman–Crippen MR) is 108 cm³/mol. The van der Waals surface area contributed by atoms with E-state index in [0.29, 0.717) is 29.8 Å². The summed E-state index contributed by atoms with van der Waals surface area (Å²) in [6.45, 7) is 8.30. The Morgan fingerprint density at radius 2 is 1.74 bits per heavy atom. The van der Waals surface area contributed by atoms with Crippen molar-refractivity contribution in [3.05, 3.63) is 52.0 Å². The second-order valence-corrected chi connectivity index (χ2v) is 8.05. The molecule has 0 aliphatic heterocycles. The van der Waals surface area contributed by atoms with Crippen molar-refractivity contribution >= 4 is 17.4 Å². The summed E-state index contributed by atoms with van der Waals surface area (Å²) in [5.41, 5.74) is -1.95. The number of carbonyl (C=O) groups is 2. The van der Waals surface area contributed by atoms with E-state index in [1.807, 2.05) is 0 Å². The van der Waals surface area contributed by atoms with Crippen molar-refractivity contribution in [2.45, 2.75) is 47.2 Å². The van der Waals surface area contributed by atoms with Crippen LogP contribution in [-0.4, -0.2) is 23.8 Å². The van der Waals surface area contributed by atoms with Crippen molar-refractivity contribution in [2.75, 3.05) is 12.4 Å². The van der Waals surface area contributed by atoms with E-state index in [1.54, 1.807) is 34.6 Å². The number of pyridine rings is 1. The van der Waals surface area contributed by atoms with Gasteiger partial charge in [-0.05, 0) is 37.1 Å². The number of halogens is 4. The number of ketones is 1. The monoisotopic (exact) mass is 440 g/mol. The zero-order valence-electron chi connectivity index (χ0n) is 18.1. The summed E-state index contributed by atoms with van der Waals surface area (Å²) >= 11 is 0. The van der Waals surface area contributed by atoms with Gasteiger partial charge in [-0.2, -0.15) is 13.2 Å². The molecule has 1 aromatic carbocycles. The van der Waals surface area contributed by atoms with Gasteiger partial charge in [-0.25, -0.2) is 9.37 Å². The summed E-state index contributed by atoms with van der Waals surface area (Å²) in [5.74, 6) is -2.60. The smallest absolute Gasteiger partial charge is 0.416 e. The normalized spacial score (nSPS) is 11.9. The van der Waals surface area contributed by atoms with Gasteiger partial charge < -0.3 is 10.1 Å². The molecule has 0 saturated heterocycles. The second kappa shape index (κ2) is 8.64. The van der Waals surface area contributed by atoms with E-state index in [-0.39, 0.29) is 17.1 Å². The lowest BCUT2D eigenvalue weighted by molar-refractivity contribution is -0.137. The van der Waals surface area contributed by atoms with Crippen LogP contribution >= 0.6 is 0 Å². The first-order valence-electron chi connectivity index (χ1n) is 9.52. The third-order valence-corrected chi connectivity index (χ3v) is 4.65.